The van der Waals surface area contributed by atoms with E-state index in [0.29, 0.717) is 18.2 Å². The Morgan fingerprint density at radius 1 is 1.28 bits per heavy atom. The summed E-state index contributed by atoms with van der Waals surface area (Å²) in [6.07, 6.45) is 3.55. The number of hydrogen-bond acceptors (Lipinski definition) is 5. The van der Waals surface area contributed by atoms with Crippen molar-refractivity contribution < 1.29 is 5.11 Å². The van der Waals surface area contributed by atoms with Gasteiger partial charge in [-0.05, 0) is 31.5 Å². The molecule has 1 aliphatic rings. The van der Waals surface area contributed by atoms with Crippen molar-refractivity contribution in [3.8, 4) is 0 Å². The third kappa shape index (κ3) is 5.07. The maximum absolute atomic E-state index is 10.4. The van der Waals surface area contributed by atoms with Gasteiger partial charge in [-0.15, -0.1) is 29.2 Å². The first kappa shape index (κ1) is 20.0. The van der Waals surface area contributed by atoms with Gasteiger partial charge in [0.2, 0.25) is 0 Å². The average molecular weight is 381 g/mol. The Balaban J connectivity index is 0.00000225. The van der Waals surface area contributed by atoms with Crippen molar-refractivity contribution in [3.05, 3.63) is 54.4 Å². The van der Waals surface area contributed by atoms with E-state index in [9.17, 15) is 5.11 Å². The molecule has 0 bridgehead atoms. The van der Waals surface area contributed by atoms with E-state index in [-0.39, 0.29) is 12.4 Å². The summed E-state index contributed by atoms with van der Waals surface area (Å²) < 4.78 is 2.14. The summed E-state index contributed by atoms with van der Waals surface area (Å²) >= 11 is 1.55. The fraction of sp³-hybridized carbons (Fsp3) is 0.444. The molecule has 1 atom stereocenters. The number of aliphatic hydroxyl groups is 1. The molecule has 1 fully saturated rings. The number of thioether (sulfide) groups is 1. The van der Waals surface area contributed by atoms with Crippen molar-refractivity contribution in [1.29, 1.82) is 0 Å². The molecular weight excluding hydrogens is 356 g/mol. The van der Waals surface area contributed by atoms with Crippen molar-refractivity contribution in [2.24, 2.45) is 0 Å². The fourth-order valence-electron chi connectivity index (χ4n) is 3.01. The summed E-state index contributed by atoms with van der Waals surface area (Å²) in [5.41, 5.74) is 0.929. The standard InChI is InChI=1S/C18H24N4OS.ClH/c1-2-12-22-17(15-8-10-19-11-9-15)20-21-18(22)24-13-16(23)14-6-4-3-5-7-14;/h2-7,15-16,19,23H,1,8-13H2;1H. The molecule has 1 aliphatic heterocycles. The second kappa shape index (κ2) is 9.97. The highest BCUT2D eigenvalue weighted by molar-refractivity contribution is 7.99. The van der Waals surface area contributed by atoms with Crippen LogP contribution in [0, 0.1) is 0 Å². The molecule has 1 unspecified atom stereocenters. The van der Waals surface area contributed by atoms with Gasteiger partial charge in [-0.25, -0.2) is 0 Å². The predicted molar refractivity (Wildman–Crippen MR) is 104 cm³/mol. The molecule has 0 amide bonds. The predicted octanol–water partition coefficient (Wildman–Crippen LogP) is 3.18. The summed E-state index contributed by atoms with van der Waals surface area (Å²) in [4.78, 5) is 0. The lowest BCUT2D eigenvalue weighted by Gasteiger charge is -2.22. The molecule has 1 aromatic heterocycles. The highest BCUT2D eigenvalue weighted by Gasteiger charge is 2.23. The van der Waals surface area contributed by atoms with E-state index in [1.807, 2.05) is 36.4 Å². The number of nitrogens with zero attached hydrogens (tertiary/aromatic N) is 3. The molecule has 2 aromatic rings. The van der Waals surface area contributed by atoms with Crippen LogP contribution in [0.3, 0.4) is 0 Å². The van der Waals surface area contributed by atoms with E-state index in [0.717, 1.165) is 42.5 Å². The zero-order chi connectivity index (χ0) is 16.8. The van der Waals surface area contributed by atoms with Gasteiger partial charge in [-0.3, -0.25) is 0 Å². The van der Waals surface area contributed by atoms with Crippen molar-refractivity contribution >= 4 is 24.2 Å². The molecule has 0 radical (unpaired) electrons. The number of allylic oxidation sites excluding steroid dienone is 1. The fourth-order valence-corrected chi connectivity index (χ4v) is 3.94. The van der Waals surface area contributed by atoms with Crippen LogP contribution in [0.15, 0.2) is 48.1 Å². The number of aromatic nitrogens is 3. The molecule has 3 rings (SSSR count). The van der Waals surface area contributed by atoms with Gasteiger partial charge in [0.05, 0.1) is 6.10 Å². The quantitative estimate of drug-likeness (QED) is 0.570. The molecule has 25 heavy (non-hydrogen) atoms. The number of piperidine rings is 1. The second-order valence-electron chi connectivity index (χ2n) is 6.00. The summed E-state index contributed by atoms with van der Waals surface area (Å²) in [5, 5.41) is 23.4. The van der Waals surface area contributed by atoms with Gasteiger partial charge in [0.25, 0.3) is 0 Å². The van der Waals surface area contributed by atoms with E-state index < -0.39 is 6.10 Å². The number of hydrogen-bond donors (Lipinski definition) is 2. The van der Waals surface area contributed by atoms with E-state index in [2.05, 4.69) is 26.7 Å². The number of nitrogens with one attached hydrogen (secondary N) is 1. The summed E-state index contributed by atoms with van der Waals surface area (Å²) in [6.45, 7) is 6.62. The zero-order valence-corrected chi connectivity index (χ0v) is 15.8. The van der Waals surface area contributed by atoms with Crippen LogP contribution in [0.2, 0.25) is 0 Å². The van der Waals surface area contributed by atoms with E-state index in [1.54, 1.807) is 11.8 Å². The molecule has 2 N–H and O–H groups in total. The van der Waals surface area contributed by atoms with Gasteiger partial charge in [0.15, 0.2) is 5.16 Å². The van der Waals surface area contributed by atoms with Crippen LogP contribution in [-0.2, 0) is 6.54 Å². The van der Waals surface area contributed by atoms with Gasteiger partial charge in [0.1, 0.15) is 5.82 Å². The number of rotatable bonds is 7. The Labute approximate surface area is 159 Å². The van der Waals surface area contributed by atoms with Crippen LogP contribution in [0.4, 0.5) is 0 Å². The molecule has 7 heteroatoms. The van der Waals surface area contributed by atoms with Crippen molar-refractivity contribution in [2.75, 3.05) is 18.8 Å². The van der Waals surface area contributed by atoms with Crippen molar-refractivity contribution in [2.45, 2.75) is 36.6 Å². The zero-order valence-electron chi connectivity index (χ0n) is 14.2. The SMILES string of the molecule is C=CCn1c(SCC(O)c2ccccc2)nnc1C1CCNCC1.Cl. The topological polar surface area (TPSA) is 63.0 Å². The van der Waals surface area contributed by atoms with Crippen LogP contribution < -0.4 is 5.32 Å². The molecule has 136 valence electrons. The van der Waals surface area contributed by atoms with Crippen LogP contribution >= 0.6 is 24.2 Å². The maximum Gasteiger partial charge on any atom is 0.191 e. The van der Waals surface area contributed by atoms with Crippen LogP contribution in [0.25, 0.3) is 0 Å². The Hall–Kier alpha value is -1.34. The van der Waals surface area contributed by atoms with Gasteiger partial charge >= 0.3 is 0 Å². The summed E-state index contributed by atoms with van der Waals surface area (Å²) in [5.74, 6) is 2.06. The lowest BCUT2D eigenvalue weighted by molar-refractivity contribution is 0.204. The van der Waals surface area contributed by atoms with E-state index >= 15 is 0 Å². The van der Waals surface area contributed by atoms with Crippen molar-refractivity contribution in [3.63, 3.8) is 0 Å². The normalized spacial score (nSPS) is 16.2. The molecule has 5 nitrogen and oxygen atoms in total. The molecular formula is C18H25ClN4OS. The molecule has 0 aliphatic carbocycles. The van der Waals surface area contributed by atoms with Gasteiger partial charge in [0, 0.05) is 18.2 Å². The number of aliphatic hydroxyl groups excluding tert-OH is 1. The molecule has 1 saturated heterocycles. The van der Waals surface area contributed by atoms with Gasteiger partial charge in [-0.2, -0.15) is 0 Å². The average Bonchev–Trinajstić information content (AvgIpc) is 3.04. The number of halogens is 1. The Kier molecular flexibility index (Phi) is 7.96. The monoisotopic (exact) mass is 380 g/mol. The van der Waals surface area contributed by atoms with E-state index in [1.165, 1.54) is 0 Å². The highest BCUT2D eigenvalue weighted by Crippen LogP contribution is 2.29. The van der Waals surface area contributed by atoms with Crippen LogP contribution in [-0.4, -0.2) is 38.7 Å². The summed E-state index contributed by atoms with van der Waals surface area (Å²) in [7, 11) is 0. The second-order valence-corrected chi connectivity index (χ2v) is 6.99. The number of benzene rings is 1. The molecule has 1 aromatic carbocycles. The van der Waals surface area contributed by atoms with Gasteiger partial charge < -0.3 is 15.0 Å². The largest absolute Gasteiger partial charge is 0.388 e. The minimum atomic E-state index is -0.507. The summed E-state index contributed by atoms with van der Waals surface area (Å²) in [6, 6.07) is 9.73. The Morgan fingerprint density at radius 2 is 2.00 bits per heavy atom. The molecule has 2 heterocycles. The van der Waals surface area contributed by atoms with Crippen molar-refractivity contribution in [1.82, 2.24) is 20.1 Å². The lowest BCUT2D eigenvalue weighted by atomic mass is 9.97. The minimum absolute atomic E-state index is 0. The Morgan fingerprint density at radius 3 is 2.68 bits per heavy atom. The lowest BCUT2D eigenvalue weighted by Crippen LogP contribution is -2.28. The first-order chi connectivity index (χ1) is 11.8. The first-order valence-corrected chi connectivity index (χ1v) is 9.38. The van der Waals surface area contributed by atoms with Gasteiger partial charge in [-0.1, -0.05) is 48.2 Å². The first-order valence-electron chi connectivity index (χ1n) is 8.40. The highest BCUT2D eigenvalue weighted by atomic mass is 35.5. The third-order valence-electron chi connectivity index (χ3n) is 4.32. The van der Waals surface area contributed by atoms with E-state index in [4.69, 9.17) is 0 Å². The molecule has 0 saturated carbocycles. The van der Waals surface area contributed by atoms with Crippen LogP contribution in [0.1, 0.15) is 36.3 Å². The third-order valence-corrected chi connectivity index (χ3v) is 5.36. The minimum Gasteiger partial charge on any atom is -0.388 e. The Bertz CT molecular complexity index is 658. The smallest absolute Gasteiger partial charge is 0.191 e. The molecule has 0 spiro atoms. The van der Waals surface area contributed by atoms with Crippen LogP contribution in [0.5, 0.6) is 0 Å². The maximum atomic E-state index is 10.4.